The Morgan fingerprint density at radius 1 is 1.33 bits per heavy atom. The molecule has 11 heteroatoms. The number of sulfonamides is 1. The number of nitrogens with two attached hydrogens (primary N) is 1. The van der Waals surface area contributed by atoms with Crippen LogP contribution in [-0.2, 0) is 10.0 Å². The molecule has 1 amide bonds. The molecule has 118 valence electrons. The summed E-state index contributed by atoms with van der Waals surface area (Å²) >= 11 is 5.49. The van der Waals surface area contributed by atoms with Crippen molar-refractivity contribution in [2.24, 2.45) is 5.14 Å². The minimum Gasteiger partial charge on any atom is -0.352 e. The van der Waals surface area contributed by atoms with E-state index in [-0.39, 0.29) is 0 Å². The van der Waals surface area contributed by atoms with Gasteiger partial charge in [0.1, 0.15) is 5.82 Å². The molecular formula is C10H9ClF4N2O3S. The molecule has 0 aliphatic rings. The quantitative estimate of drug-likeness (QED) is 0.813. The lowest BCUT2D eigenvalue weighted by molar-refractivity contribution is -0.132. The van der Waals surface area contributed by atoms with Crippen LogP contribution in [0.4, 0.5) is 17.6 Å². The van der Waals surface area contributed by atoms with E-state index >= 15 is 0 Å². The number of halogens is 5. The van der Waals surface area contributed by atoms with Crippen molar-refractivity contribution in [3.8, 4) is 0 Å². The van der Waals surface area contributed by atoms with E-state index in [4.69, 9.17) is 16.7 Å². The molecule has 0 fully saturated rings. The molecule has 0 spiro atoms. The van der Waals surface area contributed by atoms with Crippen LogP contribution in [0.25, 0.3) is 0 Å². The van der Waals surface area contributed by atoms with Gasteiger partial charge in [-0.1, -0.05) is 11.6 Å². The lowest BCUT2D eigenvalue weighted by Gasteiger charge is -2.10. The molecule has 0 saturated carbocycles. The number of nitrogens with one attached hydrogen (secondary N) is 1. The van der Waals surface area contributed by atoms with Crippen LogP contribution in [0.2, 0.25) is 5.02 Å². The third-order valence-electron chi connectivity index (χ3n) is 2.27. The van der Waals surface area contributed by atoms with Gasteiger partial charge in [-0.3, -0.25) is 4.79 Å². The minimum absolute atomic E-state index is 0.504. The minimum atomic E-state index is -4.48. The van der Waals surface area contributed by atoms with E-state index in [2.05, 4.69) is 0 Å². The highest BCUT2D eigenvalue weighted by Crippen LogP contribution is 2.24. The van der Waals surface area contributed by atoms with Crippen molar-refractivity contribution in [1.29, 1.82) is 0 Å². The molecule has 3 N–H and O–H groups in total. The lowest BCUT2D eigenvalue weighted by Crippen LogP contribution is -2.28. The molecular weight excluding hydrogens is 340 g/mol. The van der Waals surface area contributed by atoms with Gasteiger partial charge in [0.05, 0.1) is 21.9 Å². The average Bonchev–Trinajstić information content (AvgIpc) is 2.29. The van der Waals surface area contributed by atoms with Crippen LogP contribution < -0.4 is 10.5 Å². The number of carbonyl (C=O) groups excluding carboxylic acids is 1. The van der Waals surface area contributed by atoms with Crippen molar-refractivity contribution < 1.29 is 30.8 Å². The van der Waals surface area contributed by atoms with E-state index in [1.165, 1.54) is 0 Å². The number of primary sulfonamides is 1. The van der Waals surface area contributed by atoms with E-state index in [9.17, 15) is 30.8 Å². The Hall–Kier alpha value is -1.39. The van der Waals surface area contributed by atoms with E-state index in [1.54, 1.807) is 0 Å². The Labute approximate surface area is 122 Å². The standard InChI is InChI=1S/C10H9ClF4N2O3S/c11-8-6(9(18)17-2-1-10(13,14)15)3-5(4-7(8)12)21(16,19)20/h3-4H,1-2H2,(H,17,18)(H2,16,19,20). The van der Waals surface area contributed by atoms with Crippen molar-refractivity contribution in [3.63, 3.8) is 0 Å². The molecule has 0 saturated heterocycles. The Balaban J connectivity index is 3.02. The van der Waals surface area contributed by atoms with Crippen LogP contribution in [0.5, 0.6) is 0 Å². The maximum Gasteiger partial charge on any atom is 0.390 e. The van der Waals surface area contributed by atoms with Gasteiger partial charge in [0.15, 0.2) is 0 Å². The predicted molar refractivity (Wildman–Crippen MR) is 65.8 cm³/mol. The number of hydrogen-bond donors (Lipinski definition) is 2. The fourth-order valence-electron chi connectivity index (χ4n) is 1.31. The van der Waals surface area contributed by atoms with Gasteiger partial charge in [0.25, 0.3) is 5.91 Å². The van der Waals surface area contributed by atoms with Crippen molar-refractivity contribution in [2.45, 2.75) is 17.5 Å². The highest BCUT2D eigenvalue weighted by Gasteiger charge is 2.27. The Morgan fingerprint density at radius 3 is 2.38 bits per heavy atom. The highest BCUT2D eigenvalue weighted by molar-refractivity contribution is 7.89. The highest BCUT2D eigenvalue weighted by atomic mass is 35.5. The third kappa shape index (κ3) is 5.14. The van der Waals surface area contributed by atoms with E-state index in [0.29, 0.717) is 12.1 Å². The fraction of sp³-hybridized carbons (Fsp3) is 0.300. The molecule has 0 radical (unpaired) electrons. The van der Waals surface area contributed by atoms with Crippen LogP contribution in [0, 0.1) is 5.82 Å². The molecule has 0 aliphatic carbocycles. The van der Waals surface area contributed by atoms with Gasteiger partial charge in [-0.15, -0.1) is 0 Å². The van der Waals surface area contributed by atoms with Crippen molar-refractivity contribution in [3.05, 3.63) is 28.5 Å². The fourth-order valence-corrected chi connectivity index (χ4v) is 2.05. The number of rotatable bonds is 4. The summed E-state index contributed by atoms with van der Waals surface area (Å²) < 4.78 is 71.5. The van der Waals surface area contributed by atoms with Crippen LogP contribution in [0.15, 0.2) is 17.0 Å². The van der Waals surface area contributed by atoms with Gasteiger partial charge in [-0.2, -0.15) is 13.2 Å². The Morgan fingerprint density at radius 2 is 1.90 bits per heavy atom. The maximum atomic E-state index is 13.4. The molecule has 21 heavy (non-hydrogen) atoms. The van der Waals surface area contributed by atoms with Crippen LogP contribution in [0.1, 0.15) is 16.8 Å². The summed E-state index contributed by atoms with van der Waals surface area (Å²) in [5.41, 5.74) is -0.622. The van der Waals surface area contributed by atoms with E-state index < -0.39 is 56.4 Å². The third-order valence-corrected chi connectivity index (χ3v) is 3.55. The molecule has 0 unspecified atom stereocenters. The average molecular weight is 349 g/mol. The molecule has 1 rings (SSSR count). The summed E-state index contributed by atoms with van der Waals surface area (Å²) in [6, 6.07) is 1.19. The van der Waals surface area contributed by atoms with Gasteiger partial charge >= 0.3 is 6.18 Å². The molecule has 1 aromatic rings. The molecule has 0 aromatic heterocycles. The summed E-state index contributed by atoms with van der Waals surface area (Å²) in [4.78, 5) is 10.9. The summed E-state index contributed by atoms with van der Waals surface area (Å²) in [7, 11) is -4.30. The first kappa shape index (κ1) is 17.7. The molecule has 0 heterocycles. The van der Waals surface area contributed by atoms with E-state index in [1.807, 2.05) is 5.32 Å². The summed E-state index contributed by atoms with van der Waals surface area (Å²) in [5.74, 6) is -2.38. The molecule has 5 nitrogen and oxygen atoms in total. The molecule has 0 aliphatic heterocycles. The smallest absolute Gasteiger partial charge is 0.352 e. The van der Waals surface area contributed by atoms with Gasteiger partial charge in [-0.05, 0) is 12.1 Å². The van der Waals surface area contributed by atoms with E-state index in [0.717, 1.165) is 0 Å². The Bertz CT molecular complexity index is 661. The van der Waals surface area contributed by atoms with Gasteiger partial charge in [0, 0.05) is 6.54 Å². The number of alkyl halides is 3. The number of carbonyl (C=O) groups is 1. The van der Waals surface area contributed by atoms with Crippen LogP contribution >= 0.6 is 11.6 Å². The van der Waals surface area contributed by atoms with Crippen molar-refractivity contribution in [2.75, 3.05) is 6.54 Å². The van der Waals surface area contributed by atoms with Crippen molar-refractivity contribution in [1.82, 2.24) is 5.32 Å². The van der Waals surface area contributed by atoms with Crippen LogP contribution in [-0.4, -0.2) is 27.0 Å². The maximum absolute atomic E-state index is 13.4. The molecule has 1 aromatic carbocycles. The van der Waals surface area contributed by atoms with Crippen molar-refractivity contribution >= 4 is 27.5 Å². The summed E-state index contributed by atoms with van der Waals surface area (Å²) in [6.07, 6.45) is -5.78. The zero-order chi connectivity index (χ0) is 16.4. The largest absolute Gasteiger partial charge is 0.390 e. The summed E-state index contributed by atoms with van der Waals surface area (Å²) in [6.45, 7) is -0.764. The van der Waals surface area contributed by atoms with Gasteiger partial charge in [0.2, 0.25) is 10.0 Å². The molecule has 0 atom stereocenters. The monoisotopic (exact) mass is 348 g/mol. The number of benzene rings is 1. The Kier molecular flexibility index (Phi) is 5.18. The first-order chi connectivity index (χ1) is 9.42. The zero-order valence-electron chi connectivity index (χ0n) is 10.2. The first-order valence-corrected chi connectivity index (χ1v) is 7.21. The number of amides is 1. The second-order valence-electron chi connectivity index (χ2n) is 3.93. The predicted octanol–water partition coefficient (Wildman–Crippen LogP) is 1.81. The van der Waals surface area contributed by atoms with Crippen LogP contribution in [0.3, 0.4) is 0 Å². The first-order valence-electron chi connectivity index (χ1n) is 5.28. The lowest BCUT2D eigenvalue weighted by atomic mass is 10.2. The zero-order valence-corrected chi connectivity index (χ0v) is 11.7. The SMILES string of the molecule is NS(=O)(=O)c1cc(F)c(Cl)c(C(=O)NCCC(F)(F)F)c1. The van der Waals surface area contributed by atoms with Gasteiger partial charge in [-0.25, -0.2) is 17.9 Å². The molecule has 0 bridgehead atoms. The topological polar surface area (TPSA) is 89.3 Å². The normalized spacial score (nSPS) is 12.3. The summed E-state index contributed by atoms with van der Waals surface area (Å²) in [5, 5.41) is 5.92. The second-order valence-corrected chi connectivity index (χ2v) is 5.87. The number of hydrogen-bond acceptors (Lipinski definition) is 3. The second kappa shape index (κ2) is 6.16. The van der Waals surface area contributed by atoms with Gasteiger partial charge < -0.3 is 5.32 Å².